The van der Waals surface area contributed by atoms with Crippen LogP contribution in [-0.4, -0.2) is 0 Å². The van der Waals surface area contributed by atoms with Crippen LogP contribution in [0.2, 0.25) is 0 Å². The highest BCUT2D eigenvalue weighted by molar-refractivity contribution is 5.88. The number of nitrogens with two attached hydrogens (primary N) is 1. The monoisotopic (exact) mass is 297 g/mol. The number of hydrogen-bond donors (Lipinski definition) is 1. The third-order valence-corrected chi connectivity index (χ3v) is 4.60. The molecule has 0 saturated heterocycles. The third-order valence-electron chi connectivity index (χ3n) is 4.60. The summed E-state index contributed by atoms with van der Waals surface area (Å²) in [7, 11) is 0. The molecule has 0 radical (unpaired) electrons. The lowest BCUT2D eigenvalue weighted by Gasteiger charge is -2.10. The molecule has 0 aliphatic rings. The van der Waals surface area contributed by atoms with Gasteiger partial charge < -0.3 is 5.73 Å². The van der Waals surface area contributed by atoms with Gasteiger partial charge in [0.15, 0.2) is 0 Å². The molecule has 0 aromatic heterocycles. The predicted octanol–water partition coefficient (Wildman–Crippen LogP) is 5.98. The number of fused-ring (bicyclic) bond motifs is 1. The topological polar surface area (TPSA) is 26.0 Å². The molecule has 0 atom stereocenters. The highest BCUT2D eigenvalue weighted by Crippen LogP contribution is 2.24. The van der Waals surface area contributed by atoms with Crippen LogP contribution in [0.25, 0.3) is 10.8 Å². The lowest BCUT2D eigenvalue weighted by molar-refractivity contribution is 0.576. The van der Waals surface area contributed by atoms with E-state index in [1.807, 2.05) is 0 Å². The molecule has 120 valence electrons. The molecule has 1 nitrogen and oxygen atoms in total. The zero-order valence-corrected chi connectivity index (χ0v) is 14.1. The minimum absolute atomic E-state index is 0.631. The summed E-state index contributed by atoms with van der Waals surface area (Å²) in [5.74, 6) is 0. The Balaban J connectivity index is 1.84. The second-order valence-electron chi connectivity index (χ2n) is 6.36. The Morgan fingerprint density at radius 1 is 0.727 bits per heavy atom. The van der Waals surface area contributed by atoms with Crippen molar-refractivity contribution in [1.29, 1.82) is 0 Å². The maximum atomic E-state index is 5.92. The van der Waals surface area contributed by atoms with Gasteiger partial charge in [0.2, 0.25) is 0 Å². The van der Waals surface area contributed by atoms with Crippen LogP contribution in [0.1, 0.15) is 69.4 Å². The van der Waals surface area contributed by atoms with Crippen molar-refractivity contribution < 1.29 is 0 Å². The van der Waals surface area contributed by atoms with Gasteiger partial charge in [-0.1, -0.05) is 88.3 Å². The highest BCUT2D eigenvalue weighted by Gasteiger charge is 2.05. The average Bonchev–Trinajstić information content (AvgIpc) is 2.56. The Morgan fingerprint density at radius 3 is 1.95 bits per heavy atom. The van der Waals surface area contributed by atoms with Gasteiger partial charge in [0, 0.05) is 6.54 Å². The first kappa shape index (κ1) is 17.0. The van der Waals surface area contributed by atoms with Crippen LogP contribution < -0.4 is 5.73 Å². The van der Waals surface area contributed by atoms with E-state index in [0.717, 1.165) is 0 Å². The summed E-state index contributed by atoms with van der Waals surface area (Å²) in [5, 5.41) is 2.73. The average molecular weight is 297 g/mol. The van der Waals surface area contributed by atoms with Gasteiger partial charge in [-0.05, 0) is 34.7 Å². The maximum absolute atomic E-state index is 5.92. The number of benzene rings is 2. The SMILES string of the molecule is CCCCCCCCCCc1cccc2cccc(CN)c12. The molecular weight excluding hydrogens is 266 g/mol. The summed E-state index contributed by atoms with van der Waals surface area (Å²) in [6, 6.07) is 13.1. The Hall–Kier alpha value is -1.34. The van der Waals surface area contributed by atoms with E-state index in [-0.39, 0.29) is 0 Å². The van der Waals surface area contributed by atoms with Crippen molar-refractivity contribution >= 4 is 10.8 Å². The second-order valence-corrected chi connectivity index (χ2v) is 6.36. The first-order valence-corrected chi connectivity index (χ1v) is 9.06. The van der Waals surface area contributed by atoms with Crippen LogP contribution in [0.15, 0.2) is 36.4 Å². The zero-order chi connectivity index (χ0) is 15.6. The maximum Gasteiger partial charge on any atom is 0.0184 e. The Morgan fingerprint density at radius 2 is 1.32 bits per heavy atom. The fourth-order valence-corrected chi connectivity index (χ4v) is 3.33. The van der Waals surface area contributed by atoms with Crippen molar-refractivity contribution in [1.82, 2.24) is 0 Å². The molecular formula is C21H31N. The molecule has 1 heteroatoms. The molecule has 0 aliphatic heterocycles. The quantitative estimate of drug-likeness (QED) is 0.536. The first-order chi connectivity index (χ1) is 10.9. The van der Waals surface area contributed by atoms with E-state index < -0.39 is 0 Å². The normalized spacial score (nSPS) is 11.2. The van der Waals surface area contributed by atoms with Crippen LogP contribution >= 0.6 is 0 Å². The molecule has 0 saturated carbocycles. The van der Waals surface area contributed by atoms with Gasteiger partial charge in [0.25, 0.3) is 0 Å². The highest BCUT2D eigenvalue weighted by atomic mass is 14.5. The lowest BCUT2D eigenvalue weighted by atomic mass is 9.95. The fourth-order valence-electron chi connectivity index (χ4n) is 3.33. The molecule has 0 bridgehead atoms. The van der Waals surface area contributed by atoms with E-state index in [0.29, 0.717) is 6.54 Å². The van der Waals surface area contributed by atoms with Crippen molar-refractivity contribution in [3.63, 3.8) is 0 Å². The summed E-state index contributed by atoms with van der Waals surface area (Å²) >= 11 is 0. The fraction of sp³-hybridized carbons (Fsp3) is 0.524. The number of unbranched alkanes of at least 4 members (excludes halogenated alkanes) is 7. The first-order valence-electron chi connectivity index (χ1n) is 9.06. The predicted molar refractivity (Wildman–Crippen MR) is 98.2 cm³/mol. The van der Waals surface area contributed by atoms with E-state index in [1.54, 1.807) is 0 Å². The smallest absolute Gasteiger partial charge is 0.0184 e. The molecule has 2 aromatic carbocycles. The van der Waals surface area contributed by atoms with Gasteiger partial charge in [0.1, 0.15) is 0 Å². The van der Waals surface area contributed by atoms with Crippen LogP contribution in [0, 0.1) is 0 Å². The van der Waals surface area contributed by atoms with E-state index in [2.05, 4.69) is 43.3 Å². The van der Waals surface area contributed by atoms with Gasteiger partial charge in [-0.2, -0.15) is 0 Å². The number of hydrogen-bond acceptors (Lipinski definition) is 1. The molecule has 2 rings (SSSR count). The second kappa shape index (κ2) is 9.63. The van der Waals surface area contributed by atoms with Gasteiger partial charge in [-0.3, -0.25) is 0 Å². The summed E-state index contributed by atoms with van der Waals surface area (Å²) in [6.07, 6.45) is 12.2. The number of aryl methyl sites for hydroxylation is 1. The van der Waals surface area contributed by atoms with Gasteiger partial charge in [-0.15, -0.1) is 0 Å². The Bertz CT molecular complexity index is 554. The van der Waals surface area contributed by atoms with E-state index >= 15 is 0 Å². The molecule has 22 heavy (non-hydrogen) atoms. The molecule has 2 N–H and O–H groups in total. The standard InChI is InChI=1S/C21H31N/c1-2-3-4-5-6-7-8-9-12-18-13-10-14-19-15-11-16-20(17-22)21(18)19/h10-11,13-16H,2-9,12,17,22H2,1H3. The summed E-state index contributed by atoms with van der Waals surface area (Å²) < 4.78 is 0. The van der Waals surface area contributed by atoms with Gasteiger partial charge >= 0.3 is 0 Å². The minimum Gasteiger partial charge on any atom is -0.326 e. The zero-order valence-electron chi connectivity index (χ0n) is 14.1. The molecule has 0 amide bonds. The Kier molecular flexibility index (Phi) is 7.45. The molecule has 0 heterocycles. The van der Waals surface area contributed by atoms with Crippen LogP contribution in [0.3, 0.4) is 0 Å². The van der Waals surface area contributed by atoms with Crippen LogP contribution in [0.5, 0.6) is 0 Å². The summed E-state index contributed by atoms with van der Waals surface area (Å²) in [4.78, 5) is 0. The molecule has 2 aromatic rings. The summed E-state index contributed by atoms with van der Waals surface area (Å²) in [6.45, 7) is 2.91. The van der Waals surface area contributed by atoms with Gasteiger partial charge in [-0.25, -0.2) is 0 Å². The van der Waals surface area contributed by atoms with E-state index in [4.69, 9.17) is 5.73 Å². The lowest BCUT2D eigenvalue weighted by Crippen LogP contribution is -1.99. The third kappa shape index (κ3) is 4.84. The molecule has 0 unspecified atom stereocenters. The van der Waals surface area contributed by atoms with Crippen molar-refractivity contribution in [2.45, 2.75) is 71.3 Å². The number of rotatable bonds is 10. The Labute approximate surface area is 135 Å². The van der Waals surface area contributed by atoms with E-state index in [1.165, 1.54) is 79.7 Å². The van der Waals surface area contributed by atoms with Crippen molar-refractivity contribution in [2.75, 3.05) is 0 Å². The van der Waals surface area contributed by atoms with Crippen LogP contribution in [0.4, 0.5) is 0 Å². The van der Waals surface area contributed by atoms with Crippen LogP contribution in [-0.2, 0) is 13.0 Å². The van der Waals surface area contributed by atoms with Gasteiger partial charge in [0.05, 0.1) is 0 Å². The minimum atomic E-state index is 0.631. The van der Waals surface area contributed by atoms with Crippen molar-refractivity contribution in [3.05, 3.63) is 47.5 Å². The van der Waals surface area contributed by atoms with Crippen molar-refractivity contribution in [3.8, 4) is 0 Å². The molecule has 0 spiro atoms. The molecule has 0 fully saturated rings. The van der Waals surface area contributed by atoms with Crippen molar-refractivity contribution in [2.24, 2.45) is 5.73 Å². The van der Waals surface area contributed by atoms with E-state index in [9.17, 15) is 0 Å². The largest absolute Gasteiger partial charge is 0.326 e. The molecule has 0 aliphatic carbocycles. The summed E-state index contributed by atoms with van der Waals surface area (Å²) in [5.41, 5.74) is 8.68.